The molecule has 370 valence electrons. The third-order valence-electron chi connectivity index (χ3n) is 12.6. The molecule has 0 atom stereocenters. The summed E-state index contributed by atoms with van der Waals surface area (Å²) in [4.78, 5) is 28.4. The van der Waals surface area contributed by atoms with Gasteiger partial charge in [-0.25, -0.2) is 9.97 Å². The van der Waals surface area contributed by atoms with Crippen molar-refractivity contribution in [2.75, 3.05) is 13.2 Å². The average Bonchev–Trinajstić information content (AvgIpc) is 3.43. The highest BCUT2D eigenvalue weighted by Crippen LogP contribution is 2.31. The van der Waals surface area contributed by atoms with E-state index in [-0.39, 0.29) is 0 Å². The molecular weight excluding hydrogens is 885 g/mol. The monoisotopic (exact) mass is 957 g/mol. The second-order valence-electron chi connectivity index (χ2n) is 18.5. The fourth-order valence-corrected chi connectivity index (χ4v) is 8.60. The van der Waals surface area contributed by atoms with Gasteiger partial charge in [0.05, 0.1) is 69.9 Å². The summed E-state index contributed by atoms with van der Waals surface area (Å²) in [6.07, 6.45) is 32.1. The SMILES string of the molecule is CCCCCCCCCCCCOc1cc(C#Cc2cc(-c3ccccn3)nc(-c3ccccn3)c2)c(OCCCCCCCCCCCC)cc1C#Cc1cc(-c2ccccn2)nc(-c2ccccn2)c1. The van der Waals surface area contributed by atoms with Crippen molar-refractivity contribution < 1.29 is 9.47 Å². The third kappa shape index (κ3) is 17.6. The molecule has 0 aliphatic rings. The molecule has 0 amide bonds. The summed E-state index contributed by atoms with van der Waals surface area (Å²) >= 11 is 0. The van der Waals surface area contributed by atoms with Gasteiger partial charge in [0.1, 0.15) is 11.5 Å². The van der Waals surface area contributed by atoms with Gasteiger partial charge in [-0.1, -0.05) is 177 Å². The lowest BCUT2D eigenvalue weighted by molar-refractivity contribution is 0.295. The standard InChI is InChI=1S/C64H72N6O2/c1-3-5-7-9-11-13-15-17-19-29-43-71-63-49-54(38-36-52-47-61(57-33-23-27-41-67-57)70-62(48-52)58-34-24-28-42-68-58)64(72-44-30-20-18-16-14-12-10-8-6-4-2)50-53(63)37-35-51-45-59(55-31-21-25-39-65-55)69-60(46-51)56-32-22-26-40-66-56/h21-28,31-34,39-42,45-50H,3-20,29-30,43-44H2,1-2H3. The van der Waals surface area contributed by atoms with Gasteiger partial charge in [-0.05, 0) is 85.6 Å². The van der Waals surface area contributed by atoms with Crippen molar-refractivity contribution in [1.29, 1.82) is 0 Å². The smallest absolute Gasteiger partial charge is 0.136 e. The predicted octanol–water partition coefficient (Wildman–Crippen LogP) is 16.1. The van der Waals surface area contributed by atoms with Crippen molar-refractivity contribution >= 4 is 0 Å². The van der Waals surface area contributed by atoms with E-state index < -0.39 is 0 Å². The molecule has 6 heterocycles. The first-order valence-corrected chi connectivity index (χ1v) is 26.8. The van der Waals surface area contributed by atoms with Crippen LogP contribution in [0, 0.1) is 23.7 Å². The van der Waals surface area contributed by atoms with Gasteiger partial charge in [0.15, 0.2) is 0 Å². The highest BCUT2D eigenvalue weighted by atomic mass is 16.5. The van der Waals surface area contributed by atoms with Gasteiger partial charge in [-0.2, -0.15) is 0 Å². The molecule has 72 heavy (non-hydrogen) atoms. The summed E-state index contributed by atoms with van der Waals surface area (Å²) in [7, 11) is 0. The van der Waals surface area contributed by atoms with E-state index >= 15 is 0 Å². The minimum absolute atomic E-state index is 0.574. The molecule has 0 fully saturated rings. The minimum atomic E-state index is 0.574. The van der Waals surface area contributed by atoms with Crippen LogP contribution in [-0.2, 0) is 0 Å². The van der Waals surface area contributed by atoms with Crippen LogP contribution >= 0.6 is 0 Å². The average molecular weight is 957 g/mol. The zero-order valence-electron chi connectivity index (χ0n) is 42.8. The van der Waals surface area contributed by atoms with Gasteiger partial charge in [0.2, 0.25) is 0 Å². The molecule has 0 spiro atoms. The predicted molar refractivity (Wildman–Crippen MR) is 294 cm³/mol. The Morgan fingerprint density at radius 1 is 0.319 bits per heavy atom. The quantitative estimate of drug-likeness (QED) is 0.0354. The van der Waals surface area contributed by atoms with Crippen LogP contribution in [0.4, 0.5) is 0 Å². The molecule has 0 saturated carbocycles. The topological polar surface area (TPSA) is 95.8 Å². The van der Waals surface area contributed by atoms with E-state index in [4.69, 9.17) is 19.4 Å². The van der Waals surface area contributed by atoms with Crippen molar-refractivity contribution in [3.63, 3.8) is 0 Å². The zero-order valence-corrected chi connectivity index (χ0v) is 42.8. The summed E-state index contributed by atoms with van der Waals surface area (Å²) < 4.78 is 13.4. The number of pyridine rings is 6. The summed E-state index contributed by atoms with van der Waals surface area (Å²) in [6, 6.07) is 35.3. The Hall–Kier alpha value is -7.16. The van der Waals surface area contributed by atoms with Crippen LogP contribution in [-0.4, -0.2) is 43.1 Å². The van der Waals surface area contributed by atoms with Crippen LogP contribution in [0.5, 0.6) is 11.5 Å². The molecule has 0 aliphatic heterocycles. The van der Waals surface area contributed by atoms with Gasteiger partial charge < -0.3 is 9.47 Å². The fourth-order valence-electron chi connectivity index (χ4n) is 8.60. The van der Waals surface area contributed by atoms with E-state index in [0.29, 0.717) is 24.7 Å². The molecule has 0 N–H and O–H groups in total. The maximum Gasteiger partial charge on any atom is 0.136 e. The number of hydrogen-bond donors (Lipinski definition) is 0. The normalized spacial score (nSPS) is 10.8. The first-order chi connectivity index (χ1) is 35.7. The summed E-state index contributed by atoms with van der Waals surface area (Å²) in [5.41, 5.74) is 8.98. The van der Waals surface area contributed by atoms with Gasteiger partial charge >= 0.3 is 0 Å². The molecule has 0 aliphatic carbocycles. The van der Waals surface area contributed by atoms with Crippen LogP contribution in [0.1, 0.15) is 165 Å². The van der Waals surface area contributed by atoms with E-state index in [1.807, 2.05) is 109 Å². The Morgan fingerprint density at radius 2 is 0.611 bits per heavy atom. The largest absolute Gasteiger partial charge is 0.492 e. The van der Waals surface area contributed by atoms with E-state index in [2.05, 4.69) is 57.5 Å². The highest BCUT2D eigenvalue weighted by Gasteiger charge is 2.14. The number of rotatable bonds is 28. The Morgan fingerprint density at radius 3 is 0.889 bits per heavy atom. The van der Waals surface area contributed by atoms with Crippen molar-refractivity contribution in [3.8, 4) is 80.7 Å². The molecule has 7 rings (SSSR count). The van der Waals surface area contributed by atoms with Crippen molar-refractivity contribution in [1.82, 2.24) is 29.9 Å². The summed E-state index contributed by atoms with van der Waals surface area (Å²) in [6.45, 7) is 5.70. The first-order valence-electron chi connectivity index (χ1n) is 26.8. The van der Waals surface area contributed by atoms with Gasteiger partial charge in [-0.3, -0.25) is 19.9 Å². The number of benzene rings is 1. The summed E-state index contributed by atoms with van der Waals surface area (Å²) in [5.74, 6) is 15.4. The van der Waals surface area contributed by atoms with Crippen LogP contribution in [0.3, 0.4) is 0 Å². The molecule has 0 unspecified atom stereocenters. The fraction of sp³-hybridized carbons (Fsp3) is 0.375. The number of nitrogens with zero attached hydrogens (tertiary/aromatic N) is 6. The van der Waals surface area contributed by atoms with Crippen LogP contribution in [0.25, 0.3) is 45.6 Å². The van der Waals surface area contributed by atoms with Crippen molar-refractivity contribution in [3.05, 3.63) is 156 Å². The van der Waals surface area contributed by atoms with E-state index in [1.54, 1.807) is 24.8 Å². The second-order valence-corrected chi connectivity index (χ2v) is 18.5. The van der Waals surface area contributed by atoms with E-state index in [9.17, 15) is 0 Å². The third-order valence-corrected chi connectivity index (χ3v) is 12.6. The maximum atomic E-state index is 6.71. The Labute approximate surface area is 430 Å². The Bertz CT molecular complexity index is 2490. The Kier molecular flexibility index (Phi) is 22.3. The van der Waals surface area contributed by atoms with Crippen molar-refractivity contribution in [2.45, 2.75) is 142 Å². The molecule has 7 aromatic rings. The molecule has 1 aromatic carbocycles. The lowest BCUT2D eigenvalue weighted by atomic mass is 10.1. The van der Waals surface area contributed by atoms with E-state index in [0.717, 1.165) is 93.5 Å². The summed E-state index contributed by atoms with van der Waals surface area (Å²) in [5, 5.41) is 0. The van der Waals surface area contributed by atoms with Gasteiger partial charge in [0.25, 0.3) is 0 Å². The van der Waals surface area contributed by atoms with E-state index in [1.165, 1.54) is 103 Å². The number of ether oxygens (including phenoxy) is 2. The molecule has 0 bridgehead atoms. The molecular formula is C64H72N6O2. The number of hydrogen-bond acceptors (Lipinski definition) is 8. The van der Waals surface area contributed by atoms with Gasteiger partial charge in [0, 0.05) is 48.0 Å². The Balaban J connectivity index is 1.22. The maximum absolute atomic E-state index is 6.71. The molecule has 8 nitrogen and oxygen atoms in total. The molecule has 0 saturated heterocycles. The van der Waals surface area contributed by atoms with Crippen LogP contribution in [0.15, 0.2) is 134 Å². The van der Waals surface area contributed by atoms with Gasteiger partial charge in [-0.15, -0.1) is 0 Å². The highest BCUT2D eigenvalue weighted by molar-refractivity contribution is 5.68. The molecule has 0 radical (unpaired) electrons. The second kappa shape index (κ2) is 30.5. The first kappa shape index (κ1) is 52.7. The van der Waals surface area contributed by atoms with Crippen LogP contribution in [0.2, 0.25) is 0 Å². The lowest BCUT2D eigenvalue weighted by Crippen LogP contribution is -2.03. The number of unbranched alkanes of at least 4 members (excludes halogenated alkanes) is 18. The number of aromatic nitrogens is 6. The zero-order chi connectivity index (χ0) is 49.7. The lowest BCUT2D eigenvalue weighted by Gasteiger charge is -2.14. The molecule has 8 heteroatoms. The minimum Gasteiger partial charge on any atom is -0.492 e. The van der Waals surface area contributed by atoms with Crippen LogP contribution < -0.4 is 9.47 Å². The molecule has 6 aromatic heterocycles. The van der Waals surface area contributed by atoms with Crippen molar-refractivity contribution in [2.24, 2.45) is 0 Å².